The van der Waals surface area contributed by atoms with Crippen molar-refractivity contribution in [2.45, 2.75) is 38.2 Å². The van der Waals surface area contributed by atoms with Crippen LogP contribution in [-0.2, 0) is 16.1 Å². The molecule has 196 valence electrons. The summed E-state index contributed by atoms with van der Waals surface area (Å²) in [5.74, 6) is 0.0303. The zero-order valence-corrected chi connectivity index (χ0v) is 21.7. The molecule has 3 heterocycles. The summed E-state index contributed by atoms with van der Waals surface area (Å²) in [7, 11) is 1.57. The first kappa shape index (κ1) is 25.6. The first-order valence-corrected chi connectivity index (χ1v) is 13.3. The van der Waals surface area contributed by atoms with Crippen molar-refractivity contribution in [1.29, 1.82) is 0 Å². The highest BCUT2D eigenvalue weighted by atomic mass is 32.1. The molecule has 2 aromatic carbocycles. The number of piperidine rings is 1. The van der Waals surface area contributed by atoms with E-state index in [1.807, 2.05) is 0 Å². The molecule has 2 amide bonds. The Kier molecular flexibility index (Phi) is 7.50. The third-order valence-electron chi connectivity index (χ3n) is 6.88. The van der Waals surface area contributed by atoms with Gasteiger partial charge in [-0.2, -0.15) is 0 Å². The summed E-state index contributed by atoms with van der Waals surface area (Å²) in [5.41, 5.74) is 2.67. The maximum absolute atomic E-state index is 12.7. The number of anilines is 1. The Morgan fingerprint density at radius 1 is 1.11 bits per heavy atom. The number of hydrogen-bond acceptors (Lipinski definition) is 8. The molecule has 9 nitrogen and oxygen atoms in total. The minimum absolute atomic E-state index is 0.0252. The number of methoxy groups -OCH3 is 1. The standard InChI is InChI=1S/C28H27N3O6S/c1-36-21-6-3-17(4-7-21)24(32)8-9-25(33)31-12-10-18(11-13-31)27-30-23(16-38-27)26(34)29-20-5-2-19-15-37-28(35)22(19)14-20/h2-7,14,16,18H,8-13,15H2,1H3,(H,29,34). The van der Waals surface area contributed by atoms with Crippen molar-refractivity contribution in [1.82, 2.24) is 9.88 Å². The summed E-state index contributed by atoms with van der Waals surface area (Å²) >= 11 is 1.44. The molecular weight excluding hydrogens is 506 g/mol. The van der Waals surface area contributed by atoms with Crippen molar-refractivity contribution < 1.29 is 28.7 Å². The molecule has 3 aromatic rings. The fraction of sp³-hybridized carbons (Fsp3) is 0.321. The number of Topliss-reactive ketones (excluding diaryl/α,β-unsaturated/α-hetero) is 1. The number of cyclic esters (lactones) is 1. The van der Waals surface area contributed by atoms with E-state index in [2.05, 4.69) is 10.3 Å². The summed E-state index contributed by atoms with van der Waals surface area (Å²) in [4.78, 5) is 56.0. The van der Waals surface area contributed by atoms with Crippen LogP contribution in [-0.4, -0.2) is 53.7 Å². The van der Waals surface area contributed by atoms with E-state index in [0.717, 1.165) is 23.4 Å². The summed E-state index contributed by atoms with van der Waals surface area (Å²) in [5, 5.41) is 5.40. The number of nitrogens with zero attached hydrogens (tertiary/aromatic N) is 2. The molecule has 0 unspecified atom stereocenters. The lowest BCUT2D eigenvalue weighted by Crippen LogP contribution is -2.38. The summed E-state index contributed by atoms with van der Waals surface area (Å²) in [6.45, 7) is 1.43. The number of carbonyl (C=O) groups is 4. The second-order valence-corrected chi connectivity index (χ2v) is 10.2. The van der Waals surface area contributed by atoms with Gasteiger partial charge in [-0.25, -0.2) is 9.78 Å². The van der Waals surface area contributed by atoms with Crippen LogP contribution in [0.5, 0.6) is 5.75 Å². The van der Waals surface area contributed by atoms with Crippen molar-refractivity contribution >= 4 is 40.6 Å². The minimum Gasteiger partial charge on any atom is -0.497 e. The fourth-order valence-corrected chi connectivity index (χ4v) is 5.61. The van der Waals surface area contributed by atoms with Gasteiger partial charge in [0.25, 0.3) is 5.91 Å². The molecule has 1 aromatic heterocycles. The van der Waals surface area contributed by atoms with E-state index in [1.165, 1.54) is 11.3 Å². The van der Waals surface area contributed by atoms with Gasteiger partial charge in [-0.1, -0.05) is 6.07 Å². The number of hydrogen-bond donors (Lipinski definition) is 1. The van der Waals surface area contributed by atoms with Crippen LogP contribution in [0.15, 0.2) is 47.8 Å². The van der Waals surface area contributed by atoms with E-state index < -0.39 is 0 Å². The van der Waals surface area contributed by atoms with Crippen molar-refractivity contribution in [3.05, 3.63) is 75.2 Å². The van der Waals surface area contributed by atoms with Gasteiger partial charge < -0.3 is 19.7 Å². The van der Waals surface area contributed by atoms with Crippen LogP contribution in [0.2, 0.25) is 0 Å². The molecule has 2 aliphatic heterocycles. The molecule has 38 heavy (non-hydrogen) atoms. The van der Waals surface area contributed by atoms with Gasteiger partial charge in [0.15, 0.2) is 5.78 Å². The van der Waals surface area contributed by atoms with Gasteiger partial charge >= 0.3 is 5.97 Å². The molecule has 10 heteroatoms. The molecule has 5 rings (SSSR count). The molecule has 0 radical (unpaired) electrons. The van der Waals surface area contributed by atoms with Crippen LogP contribution in [0.1, 0.15) is 73.4 Å². The highest BCUT2D eigenvalue weighted by molar-refractivity contribution is 7.10. The third-order valence-corrected chi connectivity index (χ3v) is 7.88. The number of nitrogens with one attached hydrogen (secondary N) is 1. The molecule has 0 spiro atoms. The Morgan fingerprint density at radius 2 is 1.87 bits per heavy atom. The Labute approximate surface area is 223 Å². The summed E-state index contributed by atoms with van der Waals surface area (Å²) < 4.78 is 10.1. The maximum atomic E-state index is 12.7. The van der Waals surface area contributed by atoms with Crippen LogP contribution >= 0.6 is 11.3 Å². The number of benzene rings is 2. The molecule has 1 N–H and O–H groups in total. The lowest BCUT2D eigenvalue weighted by molar-refractivity contribution is -0.132. The van der Waals surface area contributed by atoms with Gasteiger partial charge in [0, 0.05) is 54.0 Å². The predicted molar refractivity (Wildman–Crippen MR) is 141 cm³/mol. The van der Waals surface area contributed by atoms with E-state index >= 15 is 0 Å². The highest BCUT2D eigenvalue weighted by Crippen LogP contribution is 2.31. The number of fused-ring (bicyclic) bond motifs is 1. The Bertz CT molecular complexity index is 1380. The van der Waals surface area contributed by atoms with E-state index in [-0.39, 0.29) is 48.9 Å². The van der Waals surface area contributed by atoms with Gasteiger partial charge in [-0.15, -0.1) is 11.3 Å². The molecule has 1 saturated heterocycles. The van der Waals surface area contributed by atoms with Crippen molar-refractivity contribution in [2.75, 3.05) is 25.5 Å². The Balaban J connectivity index is 1.10. The van der Waals surface area contributed by atoms with Gasteiger partial charge in [-0.05, 0) is 49.2 Å². The van der Waals surface area contributed by atoms with Crippen LogP contribution in [0.3, 0.4) is 0 Å². The largest absolute Gasteiger partial charge is 0.497 e. The molecule has 0 bridgehead atoms. The molecule has 0 atom stereocenters. The Morgan fingerprint density at radius 3 is 2.61 bits per heavy atom. The number of ether oxygens (including phenoxy) is 2. The number of amides is 2. The minimum atomic E-state index is -0.388. The maximum Gasteiger partial charge on any atom is 0.338 e. The lowest BCUT2D eigenvalue weighted by atomic mass is 9.97. The van der Waals surface area contributed by atoms with Gasteiger partial charge in [0.1, 0.15) is 18.1 Å². The van der Waals surface area contributed by atoms with Crippen molar-refractivity contribution in [3.8, 4) is 5.75 Å². The number of likely N-dealkylation sites (tertiary alicyclic amines) is 1. The van der Waals surface area contributed by atoms with E-state index in [0.29, 0.717) is 41.3 Å². The first-order valence-electron chi connectivity index (χ1n) is 12.4. The second-order valence-electron chi connectivity index (χ2n) is 9.28. The SMILES string of the molecule is COc1ccc(C(=O)CCC(=O)N2CCC(c3nc(C(=O)Nc4ccc5c(c4)C(=O)OC5)cs3)CC2)cc1. The predicted octanol–water partition coefficient (Wildman–Crippen LogP) is 4.44. The van der Waals surface area contributed by atoms with Crippen LogP contribution < -0.4 is 10.1 Å². The van der Waals surface area contributed by atoms with Crippen molar-refractivity contribution in [3.63, 3.8) is 0 Å². The van der Waals surface area contributed by atoms with Crippen LogP contribution in [0.4, 0.5) is 5.69 Å². The number of carbonyl (C=O) groups excluding carboxylic acids is 4. The zero-order chi connectivity index (χ0) is 26.6. The summed E-state index contributed by atoms with van der Waals surface area (Å²) in [6.07, 6.45) is 1.85. The lowest BCUT2D eigenvalue weighted by Gasteiger charge is -2.31. The van der Waals surface area contributed by atoms with Gasteiger partial charge in [0.05, 0.1) is 17.7 Å². The quantitative estimate of drug-likeness (QED) is 0.336. The topological polar surface area (TPSA) is 115 Å². The van der Waals surface area contributed by atoms with Crippen LogP contribution in [0.25, 0.3) is 0 Å². The molecule has 0 saturated carbocycles. The number of rotatable bonds is 8. The van der Waals surface area contributed by atoms with E-state index in [1.54, 1.807) is 59.9 Å². The monoisotopic (exact) mass is 533 g/mol. The number of ketones is 1. The summed E-state index contributed by atoms with van der Waals surface area (Å²) in [6, 6.07) is 12.0. The van der Waals surface area contributed by atoms with E-state index in [9.17, 15) is 19.2 Å². The normalized spacial score (nSPS) is 15.1. The third kappa shape index (κ3) is 5.60. The second kappa shape index (κ2) is 11.1. The zero-order valence-electron chi connectivity index (χ0n) is 20.9. The average molecular weight is 534 g/mol. The molecular formula is C28H27N3O6S. The smallest absolute Gasteiger partial charge is 0.338 e. The molecule has 0 aliphatic carbocycles. The van der Waals surface area contributed by atoms with Gasteiger partial charge in [0.2, 0.25) is 5.91 Å². The number of thiazole rings is 1. The Hall–Kier alpha value is -4.05. The van der Waals surface area contributed by atoms with E-state index in [4.69, 9.17) is 9.47 Å². The van der Waals surface area contributed by atoms with Crippen LogP contribution in [0, 0.1) is 0 Å². The number of aromatic nitrogens is 1. The number of esters is 1. The molecule has 2 aliphatic rings. The molecule has 1 fully saturated rings. The van der Waals surface area contributed by atoms with Crippen molar-refractivity contribution in [2.24, 2.45) is 0 Å². The fourth-order valence-electron chi connectivity index (χ4n) is 4.64. The first-order chi connectivity index (χ1) is 18.4. The average Bonchev–Trinajstić information content (AvgIpc) is 3.59. The van der Waals surface area contributed by atoms with Gasteiger partial charge in [-0.3, -0.25) is 14.4 Å². The highest BCUT2D eigenvalue weighted by Gasteiger charge is 2.27.